The van der Waals surface area contributed by atoms with Gasteiger partial charge in [-0.3, -0.25) is 9.59 Å². The van der Waals surface area contributed by atoms with Gasteiger partial charge in [0.15, 0.2) is 0 Å². The van der Waals surface area contributed by atoms with Crippen LogP contribution in [-0.2, 0) is 9.59 Å². The third-order valence-electron chi connectivity index (χ3n) is 3.94. The predicted molar refractivity (Wildman–Crippen MR) is 79.4 cm³/mol. The average molecular weight is 274 g/mol. The number of anilines is 1. The summed E-state index contributed by atoms with van der Waals surface area (Å²) in [6, 6.07) is 7.51. The molecule has 0 aliphatic heterocycles. The van der Waals surface area contributed by atoms with Crippen molar-refractivity contribution >= 4 is 17.5 Å². The molecule has 2 atom stereocenters. The van der Waals surface area contributed by atoms with E-state index in [0.717, 1.165) is 24.8 Å². The average Bonchev–Trinajstić information content (AvgIpc) is 2.44. The number of carbonyl (C=O) groups excluding carboxylic acids is 2. The van der Waals surface area contributed by atoms with Crippen LogP contribution < -0.4 is 10.6 Å². The highest BCUT2D eigenvalue weighted by atomic mass is 16.2. The molecule has 2 amide bonds. The summed E-state index contributed by atoms with van der Waals surface area (Å²) in [7, 11) is 0. The summed E-state index contributed by atoms with van der Waals surface area (Å²) in [4.78, 5) is 23.8. The van der Waals surface area contributed by atoms with Crippen molar-refractivity contribution in [2.75, 3.05) is 5.32 Å². The third kappa shape index (κ3) is 3.83. The van der Waals surface area contributed by atoms with Gasteiger partial charge in [0.25, 0.3) is 0 Å². The maximum atomic E-state index is 11.9. The maximum Gasteiger partial charge on any atom is 0.313 e. The van der Waals surface area contributed by atoms with Gasteiger partial charge in [0.1, 0.15) is 0 Å². The standard InChI is InChI=1S/C16H22N2O2/c1-11-7-9-13(10-8-11)17-15(19)16(20)18-14-6-4-3-5-12(14)2/h7-10,12,14H,3-6H2,1-2H3,(H,17,19)(H,18,20)/t12-,14+/m1/s1. The lowest BCUT2D eigenvalue weighted by atomic mass is 9.86. The SMILES string of the molecule is Cc1ccc(NC(=O)C(=O)N[C@H]2CCCC[C@H]2C)cc1. The van der Waals surface area contributed by atoms with Gasteiger partial charge >= 0.3 is 11.8 Å². The molecule has 1 aliphatic rings. The number of nitrogens with one attached hydrogen (secondary N) is 2. The van der Waals surface area contributed by atoms with Crippen molar-refractivity contribution < 1.29 is 9.59 Å². The van der Waals surface area contributed by atoms with Gasteiger partial charge in [-0.15, -0.1) is 0 Å². The van der Waals surface area contributed by atoms with E-state index >= 15 is 0 Å². The number of hydrogen-bond acceptors (Lipinski definition) is 2. The van der Waals surface area contributed by atoms with Crippen molar-refractivity contribution in [3.63, 3.8) is 0 Å². The molecule has 0 aromatic heterocycles. The zero-order chi connectivity index (χ0) is 14.5. The Labute approximate surface area is 119 Å². The molecule has 0 spiro atoms. The van der Waals surface area contributed by atoms with Crippen LogP contribution in [0.15, 0.2) is 24.3 Å². The van der Waals surface area contributed by atoms with E-state index in [4.69, 9.17) is 0 Å². The molecular weight excluding hydrogens is 252 g/mol. The van der Waals surface area contributed by atoms with Crippen LogP contribution in [0.5, 0.6) is 0 Å². The normalized spacial score (nSPS) is 22.1. The highest BCUT2D eigenvalue weighted by Crippen LogP contribution is 2.23. The van der Waals surface area contributed by atoms with Crippen molar-refractivity contribution in [2.45, 2.75) is 45.6 Å². The highest BCUT2D eigenvalue weighted by molar-refractivity contribution is 6.39. The Balaban J connectivity index is 1.88. The van der Waals surface area contributed by atoms with Crippen LogP contribution in [0, 0.1) is 12.8 Å². The van der Waals surface area contributed by atoms with Gasteiger partial charge in [0, 0.05) is 11.7 Å². The molecule has 0 saturated heterocycles. The Morgan fingerprint density at radius 3 is 2.35 bits per heavy atom. The number of benzene rings is 1. The van der Waals surface area contributed by atoms with Crippen molar-refractivity contribution in [1.82, 2.24) is 5.32 Å². The molecule has 0 unspecified atom stereocenters. The molecule has 0 heterocycles. The fourth-order valence-electron chi connectivity index (χ4n) is 2.59. The summed E-state index contributed by atoms with van der Waals surface area (Å²) in [6.07, 6.45) is 4.41. The van der Waals surface area contributed by atoms with Gasteiger partial charge in [-0.25, -0.2) is 0 Å². The lowest BCUT2D eigenvalue weighted by molar-refractivity contribution is -0.137. The Kier molecular flexibility index (Phi) is 4.77. The maximum absolute atomic E-state index is 11.9. The molecule has 4 heteroatoms. The van der Waals surface area contributed by atoms with Crippen LogP contribution in [0.3, 0.4) is 0 Å². The summed E-state index contributed by atoms with van der Waals surface area (Å²) in [5.74, 6) is -0.684. The zero-order valence-corrected chi connectivity index (χ0v) is 12.1. The van der Waals surface area contributed by atoms with E-state index in [1.807, 2.05) is 19.1 Å². The quantitative estimate of drug-likeness (QED) is 0.814. The molecule has 20 heavy (non-hydrogen) atoms. The number of amides is 2. The van der Waals surface area contributed by atoms with E-state index in [1.165, 1.54) is 6.42 Å². The summed E-state index contributed by atoms with van der Waals surface area (Å²) < 4.78 is 0. The summed E-state index contributed by atoms with van der Waals surface area (Å²) in [6.45, 7) is 4.10. The number of aryl methyl sites for hydroxylation is 1. The first-order valence-electron chi connectivity index (χ1n) is 7.25. The Bertz CT molecular complexity index is 482. The van der Waals surface area contributed by atoms with Gasteiger partial charge < -0.3 is 10.6 Å². The van der Waals surface area contributed by atoms with Crippen LogP contribution in [0.2, 0.25) is 0 Å². The van der Waals surface area contributed by atoms with Crippen LogP contribution >= 0.6 is 0 Å². The lowest BCUT2D eigenvalue weighted by Crippen LogP contribution is -2.45. The topological polar surface area (TPSA) is 58.2 Å². The molecule has 0 radical (unpaired) electrons. The molecule has 1 aromatic carbocycles. The zero-order valence-electron chi connectivity index (χ0n) is 12.1. The fraction of sp³-hybridized carbons (Fsp3) is 0.500. The second kappa shape index (κ2) is 6.55. The molecule has 1 aliphatic carbocycles. The van der Waals surface area contributed by atoms with E-state index in [1.54, 1.807) is 12.1 Å². The smallest absolute Gasteiger partial charge is 0.313 e. The Morgan fingerprint density at radius 1 is 1.05 bits per heavy atom. The van der Waals surface area contributed by atoms with Crippen LogP contribution in [0.1, 0.15) is 38.2 Å². The first-order valence-corrected chi connectivity index (χ1v) is 7.25. The molecule has 1 fully saturated rings. The van der Waals surface area contributed by atoms with Gasteiger partial charge in [0.2, 0.25) is 0 Å². The first kappa shape index (κ1) is 14.6. The van der Waals surface area contributed by atoms with Gasteiger partial charge in [-0.2, -0.15) is 0 Å². The Morgan fingerprint density at radius 2 is 1.70 bits per heavy atom. The van der Waals surface area contributed by atoms with Crippen LogP contribution in [0.25, 0.3) is 0 Å². The second-order valence-electron chi connectivity index (χ2n) is 5.66. The first-order chi connectivity index (χ1) is 9.56. The minimum Gasteiger partial charge on any atom is -0.345 e. The Hall–Kier alpha value is -1.84. The third-order valence-corrected chi connectivity index (χ3v) is 3.94. The van der Waals surface area contributed by atoms with E-state index < -0.39 is 11.8 Å². The molecule has 2 rings (SSSR count). The number of carbonyl (C=O) groups is 2. The van der Waals surface area contributed by atoms with Crippen molar-refractivity contribution in [3.05, 3.63) is 29.8 Å². The highest BCUT2D eigenvalue weighted by Gasteiger charge is 2.25. The van der Waals surface area contributed by atoms with E-state index in [9.17, 15) is 9.59 Å². The molecular formula is C16H22N2O2. The van der Waals surface area contributed by atoms with Crippen LogP contribution in [0.4, 0.5) is 5.69 Å². The van der Waals surface area contributed by atoms with Crippen molar-refractivity contribution in [3.8, 4) is 0 Å². The minimum absolute atomic E-state index is 0.125. The van der Waals surface area contributed by atoms with Gasteiger partial charge in [-0.1, -0.05) is 37.5 Å². The molecule has 1 saturated carbocycles. The largest absolute Gasteiger partial charge is 0.345 e. The van der Waals surface area contributed by atoms with Gasteiger partial charge in [-0.05, 0) is 37.8 Å². The van der Waals surface area contributed by atoms with E-state index in [0.29, 0.717) is 11.6 Å². The number of rotatable bonds is 2. The minimum atomic E-state index is -0.591. The summed E-state index contributed by atoms with van der Waals surface area (Å²) in [5, 5.41) is 5.47. The monoisotopic (exact) mass is 274 g/mol. The summed E-state index contributed by atoms with van der Waals surface area (Å²) >= 11 is 0. The predicted octanol–water partition coefficient (Wildman–Crippen LogP) is 2.63. The molecule has 108 valence electrons. The van der Waals surface area contributed by atoms with E-state index in [2.05, 4.69) is 17.6 Å². The fourth-order valence-corrected chi connectivity index (χ4v) is 2.59. The van der Waals surface area contributed by atoms with Gasteiger partial charge in [0.05, 0.1) is 0 Å². The molecule has 2 N–H and O–H groups in total. The molecule has 0 bridgehead atoms. The van der Waals surface area contributed by atoms with Crippen molar-refractivity contribution in [2.24, 2.45) is 5.92 Å². The molecule has 1 aromatic rings. The van der Waals surface area contributed by atoms with E-state index in [-0.39, 0.29) is 6.04 Å². The molecule has 4 nitrogen and oxygen atoms in total. The van der Waals surface area contributed by atoms with Crippen molar-refractivity contribution in [1.29, 1.82) is 0 Å². The lowest BCUT2D eigenvalue weighted by Gasteiger charge is -2.29. The summed E-state index contributed by atoms with van der Waals surface area (Å²) in [5.41, 5.74) is 1.76. The number of hydrogen-bond donors (Lipinski definition) is 2. The second-order valence-corrected chi connectivity index (χ2v) is 5.66. The van der Waals surface area contributed by atoms with Crippen LogP contribution in [-0.4, -0.2) is 17.9 Å².